The molecule has 0 amide bonds. The van der Waals surface area contributed by atoms with Gasteiger partial charge in [0, 0.05) is 7.11 Å². The third kappa shape index (κ3) is 2.90. The molecule has 0 unspecified atom stereocenters. The molecule has 0 radical (unpaired) electrons. The predicted molar refractivity (Wildman–Crippen MR) is 69.8 cm³/mol. The van der Waals surface area contributed by atoms with Crippen LogP contribution in [-0.4, -0.2) is 24.7 Å². The topological polar surface area (TPSA) is 48.4 Å². The van der Waals surface area contributed by atoms with Crippen molar-refractivity contribution in [1.29, 1.82) is 0 Å². The lowest BCUT2D eigenvalue weighted by molar-refractivity contribution is 0.0486. The maximum Gasteiger partial charge on any atom is 0.350 e. The fourth-order valence-electron chi connectivity index (χ4n) is 1.76. The molecule has 0 N–H and O–H groups in total. The molecule has 3 atom stereocenters. The van der Waals surface area contributed by atoms with Crippen LogP contribution in [0.15, 0.2) is 0 Å². The standard InChI is InChI=1S/C13H19NO3S/c1-7-5-10(7)6-17-13(15)11-8(2)14-12(18-11)9(3)16-4/h7,9-10H,5-6H2,1-4H3/t7-,9-,10-/m1/s1. The normalized spacial score (nSPS) is 23.8. The van der Waals surface area contributed by atoms with E-state index in [0.717, 1.165) is 10.7 Å². The van der Waals surface area contributed by atoms with Crippen molar-refractivity contribution < 1.29 is 14.3 Å². The highest BCUT2D eigenvalue weighted by Crippen LogP contribution is 2.38. The van der Waals surface area contributed by atoms with E-state index < -0.39 is 0 Å². The minimum absolute atomic E-state index is 0.0845. The number of rotatable bonds is 5. The molecule has 0 aromatic carbocycles. The molecule has 1 aliphatic rings. The number of aromatic nitrogens is 1. The molecule has 1 aromatic rings. The zero-order chi connectivity index (χ0) is 13.3. The Morgan fingerprint density at radius 3 is 2.83 bits per heavy atom. The fraction of sp³-hybridized carbons (Fsp3) is 0.692. The first-order valence-corrected chi connectivity index (χ1v) is 7.01. The van der Waals surface area contributed by atoms with Crippen molar-refractivity contribution in [3.63, 3.8) is 0 Å². The van der Waals surface area contributed by atoms with Crippen molar-refractivity contribution in [2.45, 2.75) is 33.3 Å². The van der Waals surface area contributed by atoms with E-state index in [1.165, 1.54) is 17.8 Å². The molecule has 1 aliphatic carbocycles. The van der Waals surface area contributed by atoms with Crippen LogP contribution in [0.4, 0.5) is 0 Å². The lowest BCUT2D eigenvalue weighted by Crippen LogP contribution is -2.07. The maximum absolute atomic E-state index is 11.9. The highest BCUT2D eigenvalue weighted by atomic mass is 32.1. The monoisotopic (exact) mass is 269 g/mol. The molecule has 1 heterocycles. The second-order valence-electron chi connectivity index (χ2n) is 4.92. The van der Waals surface area contributed by atoms with E-state index >= 15 is 0 Å². The maximum atomic E-state index is 11.9. The van der Waals surface area contributed by atoms with E-state index in [9.17, 15) is 4.79 Å². The fourth-order valence-corrected chi connectivity index (χ4v) is 2.75. The van der Waals surface area contributed by atoms with Crippen molar-refractivity contribution >= 4 is 17.3 Å². The minimum Gasteiger partial charge on any atom is -0.461 e. The van der Waals surface area contributed by atoms with Crippen LogP contribution in [-0.2, 0) is 9.47 Å². The Balaban J connectivity index is 1.98. The van der Waals surface area contributed by atoms with Gasteiger partial charge in [-0.15, -0.1) is 11.3 Å². The predicted octanol–water partition coefficient (Wildman–Crippen LogP) is 2.97. The number of carbonyl (C=O) groups is 1. The van der Waals surface area contributed by atoms with E-state index in [-0.39, 0.29) is 12.1 Å². The summed E-state index contributed by atoms with van der Waals surface area (Å²) in [7, 11) is 1.63. The zero-order valence-electron chi connectivity index (χ0n) is 11.2. The van der Waals surface area contributed by atoms with Crippen LogP contribution in [0, 0.1) is 18.8 Å². The third-order valence-electron chi connectivity index (χ3n) is 3.40. The van der Waals surface area contributed by atoms with Crippen LogP contribution in [0.1, 0.15) is 46.7 Å². The number of aryl methyl sites for hydroxylation is 1. The van der Waals surface area contributed by atoms with E-state index in [1.54, 1.807) is 7.11 Å². The van der Waals surface area contributed by atoms with Gasteiger partial charge in [0.25, 0.3) is 0 Å². The van der Waals surface area contributed by atoms with Crippen LogP contribution in [0.5, 0.6) is 0 Å². The van der Waals surface area contributed by atoms with Crippen LogP contribution in [0.3, 0.4) is 0 Å². The van der Waals surface area contributed by atoms with Crippen molar-refractivity contribution in [3.8, 4) is 0 Å². The molecular weight excluding hydrogens is 250 g/mol. The zero-order valence-corrected chi connectivity index (χ0v) is 12.0. The number of hydrogen-bond acceptors (Lipinski definition) is 5. The summed E-state index contributed by atoms with van der Waals surface area (Å²) >= 11 is 1.36. The second-order valence-corrected chi connectivity index (χ2v) is 5.95. The Morgan fingerprint density at radius 1 is 1.61 bits per heavy atom. The number of hydrogen-bond donors (Lipinski definition) is 0. The van der Waals surface area contributed by atoms with E-state index in [2.05, 4.69) is 11.9 Å². The Kier molecular flexibility index (Phi) is 4.02. The van der Waals surface area contributed by atoms with Gasteiger partial charge in [-0.1, -0.05) is 6.92 Å². The van der Waals surface area contributed by atoms with Gasteiger partial charge < -0.3 is 9.47 Å². The average Bonchev–Trinajstić information content (AvgIpc) is 2.91. The van der Waals surface area contributed by atoms with Crippen LogP contribution < -0.4 is 0 Å². The lowest BCUT2D eigenvalue weighted by Gasteiger charge is -2.03. The lowest BCUT2D eigenvalue weighted by atomic mass is 10.3. The number of thiazole rings is 1. The van der Waals surface area contributed by atoms with Gasteiger partial charge >= 0.3 is 5.97 Å². The van der Waals surface area contributed by atoms with Gasteiger partial charge in [-0.25, -0.2) is 9.78 Å². The molecule has 1 fully saturated rings. The SMILES string of the molecule is CO[C@H](C)c1nc(C)c(C(=O)OC[C@H]2C[C@H]2C)s1. The number of methoxy groups -OCH3 is 1. The first kappa shape index (κ1) is 13.5. The van der Waals surface area contributed by atoms with Crippen molar-refractivity contribution in [1.82, 2.24) is 4.98 Å². The highest BCUT2D eigenvalue weighted by Gasteiger charge is 2.34. The highest BCUT2D eigenvalue weighted by molar-refractivity contribution is 7.13. The van der Waals surface area contributed by atoms with Gasteiger partial charge in [0.15, 0.2) is 0 Å². The second kappa shape index (κ2) is 5.36. The van der Waals surface area contributed by atoms with E-state index in [0.29, 0.717) is 23.3 Å². The van der Waals surface area contributed by atoms with Gasteiger partial charge in [0.1, 0.15) is 16.0 Å². The first-order chi connectivity index (χ1) is 8.52. The summed E-state index contributed by atoms with van der Waals surface area (Å²) in [6, 6.07) is 0. The van der Waals surface area contributed by atoms with Gasteiger partial charge in [-0.2, -0.15) is 0 Å². The third-order valence-corrected chi connectivity index (χ3v) is 4.70. The number of ether oxygens (including phenoxy) is 2. The van der Waals surface area contributed by atoms with Gasteiger partial charge in [-0.05, 0) is 32.1 Å². The molecule has 4 nitrogen and oxygen atoms in total. The Morgan fingerprint density at radius 2 is 2.28 bits per heavy atom. The van der Waals surface area contributed by atoms with Crippen molar-refractivity contribution in [2.24, 2.45) is 11.8 Å². The average molecular weight is 269 g/mol. The summed E-state index contributed by atoms with van der Waals surface area (Å²) in [6.07, 6.45) is 1.08. The van der Waals surface area contributed by atoms with Crippen LogP contribution in [0.2, 0.25) is 0 Å². The Hall–Kier alpha value is -0.940. The minimum atomic E-state index is -0.251. The quantitative estimate of drug-likeness (QED) is 0.771. The van der Waals surface area contributed by atoms with Crippen LogP contribution in [0.25, 0.3) is 0 Å². The number of carbonyl (C=O) groups excluding carboxylic acids is 1. The summed E-state index contributed by atoms with van der Waals surface area (Å²) in [6.45, 7) is 6.46. The molecule has 18 heavy (non-hydrogen) atoms. The molecule has 5 heteroatoms. The molecular formula is C13H19NO3S. The Labute approximate surface area is 111 Å². The van der Waals surface area contributed by atoms with E-state index in [1.807, 2.05) is 13.8 Å². The smallest absolute Gasteiger partial charge is 0.350 e. The molecule has 0 saturated heterocycles. The summed E-state index contributed by atoms with van der Waals surface area (Å²) in [5.74, 6) is 1.00. The first-order valence-electron chi connectivity index (χ1n) is 6.20. The van der Waals surface area contributed by atoms with Gasteiger partial charge in [0.05, 0.1) is 12.3 Å². The number of esters is 1. The largest absolute Gasteiger partial charge is 0.461 e. The molecule has 0 bridgehead atoms. The summed E-state index contributed by atoms with van der Waals surface area (Å²) < 4.78 is 10.5. The summed E-state index contributed by atoms with van der Waals surface area (Å²) in [5.41, 5.74) is 0.729. The van der Waals surface area contributed by atoms with Gasteiger partial charge in [0.2, 0.25) is 0 Å². The summed E-state index contributed by atoms with van der Waals surface area (Å²) in [4.78, 5) is 16.9. The molecule has 1 aromatic heterocycles. The molecule has 100 valence electrons. The summed E-state index contributed by atoms with van der Waals surface area (Å²) in [5, 5.41) is 0.821. The van der Waals surface area contributed by atoms with Crippen LogP contribution >= 0.6 is 11.3 Å². The van der Waals surface area contributed by atoms with Crippen molar-refractivity contribution in [3.05, 3.63) is 15.6 Å². The van der Waals surface area contributed by atoms with Crippen molar-refractivity contribution in [2.75, 3.05) is 13.7 Å². The molecule has 1 saturated carbocycles. The Bertz CT molecular complexity index is 443. The van der Waals surface area contributed by atoms with E-state index in [4.69, 9.17) is 9.47 Å². The molecule has 2 rings (SSSR count). The molecule has 0 spiro atoms. The number of nitrogens with zero attached hydrogens (tertiary/aromatic N) is 1. The molecule has 0 aliphatic heterocycles. The van der Waals surface area contributed by atoms with Gasteiger partial charge in [-0.3, -0.25) is 0 Å².